The first-order chi connectivity index (χ1) is 23.1. The molecule has 0 radical (unpaired) electrons. The minimum atomic E-state index is -5.18. The van der Waals surface area contributed by atoms with E-state index in [2.05, 4.69) is 15.4 Å². The zero-order valence-corrected chi connectivity index (χ0v) is 25.8. The molecule has 4 aromatic rings. The van der Waals surface area contributed by atoms with Crippen molar-refractivity contribution in [2.24, 2.45) is 0 Å². The third-order valence-electron chi connectivity index (χ3n) is 7.64. The van der Waals surface area contributed by atoms with Gasteiger partial charge in [0, 0.05) is 35.7 Å². The molecule has 4 aromatic carbocycles. The van der Waals surface area contributed by atoms with Gasteiger partial charge in [-0.1, -0.05) is 49.7 Å². The van der Waals surface area contributed by atoms with Gasteiger partial charge in [-0.15, -0.1) is 0 Å². The van der Waals surface area contributed by atoms with Gasteiger partial charge in [-0.3, -0.25) is 4.79 Å². The van der Waals surface area contributed by atoms with Gasteiger partial charge in [-0.2, -0.15) is 30.7 Å². The van der Waals surface area contributed by atoms with Gasteiger partial charge in [0.1, 0.15) is 23.2 Å². The van der Waals surface area contributed by atoms with Crippen LogP contribution < -0.4 is 15.4 Å². The molecule has 262 valence electrons. The van der Waals surface area contributed by atoms with Gasteiger partial charge in [0.05, 0.1) is 11.1 Å². The topological polar surface area (TPSA) is 50.4 Å². The Hall–Kier alpha value is -4.59. The molecule has 49 heavy (non-hydrogen) atoms. The third kappa shape index (κ3) is 8.91. The molecular weight excluding hydrogens is 670 g/mol. The molecule has 0 heterocycles. The molecule has 2 N–H and O–H groups in total. The molecule has 0 spiro atoms. The minimum absolute atomic E-state index is 0.0140. The van der Waals surface area contributed by atoms with Crippen molar-refractivity contribution in [3.63, 3.8) is 0 Å². The molecule has 14 heteroatoms. The predicted octanol–water partition coefficient (Wildman–Crippen LogP) is 9.17. The molecule has 0 aliphatic carbocycles. The van der Waals surface area contributed by atoms with E-state index >= 15 is 8.78 Å². The maximum atomic E-state index is 16.2. The second-order valence-corrected chi connectivity index (χ2v) is 11.2. The lowest BCUT2D eigenvalue weighted by Crippen LogP contribution is -2.49. The third-order valence-corrected chi connectivity index (χ3v) is 7.64. The van der Waals surface area contributed by atoms with E-state index in [9.17, 15) is 39.9 Å². The zero-order valence-electron chi connectivity index (χ0n) is 25.8. The number of carbonyl (C=O) groups is 1. The van der Waals surface area contributed by atoms with Gasteiger partial charge < -0.3 is 15.4 Å². The molecule has 4 nitrogen and oxygen atoms in total. The monoisotopic (exact) mass is 700 g/mol. The van der Waals surface area contributed by atoms with Gasteiger partial charge in [-0.05, 0) is 66.6 Å². The SMILES string of the molecule is CCCCNCc1cc(C(Cc2ccccc2)(NC(=O)c2ccc(F)c(C(F)(F)F)c2)c2ccc(OC(F)(F)C(F)F)cc2F)ccc1F. The van der Waals surface area contributed by atoms with Crippen LogP contribution >= 0.6 is 0 Å². The number of nitrogens with one attached hydrogen (secondary N) is 2. The second-order valence-electron chi connectivity index (χ2n) is 11.2. The Kier molecular flexibility index (Phi) is 11.6. The Morgan fingerprint density at radius 3 is 2.12 bits per heavy atom. The number of unbranched alkanes of at least 4 members (excludes halogenated alkanes) is 1. The number of hydrogen-bond acceptors (Lipinski definition) is 3. The lowest BCUT2D eigenvalue weighted by molar-refractivity contribution is -0.253. The lowest BCUT2D eigenvalue weighted by Gasteiger charge is -2.37. The molecule has 0 fully saturated rings. The summed E-state index contributed by atoms with van der Waals surface area (Å²) in [4.78, 5) is 13.8. The van der Waals surface area contributed by atoms with E-state index in [1.54, 1.807) is 30.3 Å². The minimum Gasteiger partial charge on any atom is -0.428 e. The quantitative estimate of drug-likeness (QED) is 0.102. The van der Waals surface area contributed by atoms with Gasteiger partial charge in [0.25, 0.3) is 5.91 Å². The van der Waals surface area contributed by atoms with Crippen molar-refractivity contribution >= 4 is 5.91 Å². The number of alkyl halides is 7. The van der Waals surface area contributed by atoms with Crippen LogP contribution in [0, 0.1) is 17.5 Å². The van der Waals surface area contributed by atoms with Crippen LogP contribution in [0.5, 0.6) is 5.75 Å². The van der Waals surface area contributed by atoms with Crippen LogP contribution in [-0.2, 0) is 24.7 Å². The standard InChI is InChI=1S/C35H30F10N2O2/c1-2-3-15-46-20-23-16-24(10-14-28(23)36)33(19-21-7-5-4-6-8-21,26-12-11-25(18-30(26)38)49-35(44,45)32(39)40)47-31(48)22-9-13-29(37)27(17-22)34(41,42)43/h4-14,16-18,32,46H,2-3,15,19-20H2,1H3,(H,47,48). The Morgan fingerprint density at radius 2 is 1.49 bits per heavy atom. The molecule has 0 aliphatic rings. The van der Waals surface area contributed by atoms with E-state index in [4.69, 9.17) is 0 Å². The normalized spacial score (nSPS) is 13.3. The summed E-state index contributed by atoms with van der Waals surface area (Å²) in [7, 11) is 0. The van der Waals surface area contributed by atoms with Crippen LogP contribution in [0.1, 0.15) is 57.9 Å². The van der Waals surface area contributed by atoms with Gasteiger partial charge in [0.15, 0.2) is 0 Å². The Labute approximate surface area is 275 Å². The predicted molar refractivity (Wildman–Crippen MR) is 161 cm³/mol. The highest BCUT2D eigenvalue weighted by Gasteiger charge is 2.45. The molecule has 0 aromatic heterocycles. The summed E-state index contributed by atoms with van der Waals surface area (Å²) in [6.45, 7) is 2.44. The van der Waals surface area contributed by atoms with E-state index in [1.807, 2.05) is 6.92 Å². The first kappa shape index (κ1) is 37.2. The van der Waals surface area contributed by atoms with Crippen LogP contribution in [0.4, 0.5) is 43.9 Å². The van der Waals surface area contributed by atoms with Crippen molar-refractivity contribution in [1.29, 1.82) is 0 Å². The molecule has 4 rings (SSSR count). The van der Waals surface area contributed by atoms with Gasteiger partial charge in [-0.25, -0.2) is 13.2 Å². The van der Waals surface area contributed by atoms with E-state index in [-0.39, 0.29) is 30.2 Å². The highest BCUT2D eigenvalue weighted by atomic mass is 19.4. The number of amides is 1. The first-order valence-electron chi connectivity index (χ1n) is 14.9. The number of halogens is 10. The van der Waals surface area contributed by atoms with Crippen LogP contribution in [0.2, 0.25) is 0 Å². The largest absolute Gasteiger partial charge is 0.461 e. The van der Waals surface area contributed by atoms with E-state index < -0.39 is 70.0 Å². The number of rotatable bonds is 14. The van der Waals surface area contributed by atoms with Crippen molar-refractivity contribution in [1.82, 2.24) is 10.6 Å². The molecule has 0 saturated carbocycles. The average Bonchev–Trinajstić information content (AvgIpc) is 3.03. The Balaban J connectivity index is 1.95. The fraction of sp³-hybridized carbons (Fsp3) is 0.286. The molecule has 1 amide bonds. The summed E-state index contributed by atoms with van der Waals surface area (Å²) in [5.41, 5.74) is -4.50. The molecule has 0 aliphatic heterocycles. The van der Waals surface area contributed by atoms with Crippen LogP contribution in [0.25, 0.3) is 0 Å². The smallest absolute Gasteiger partial charge is 0.428 e. The Bertz CT molecular complexity index is 1750. The highest BCUT2D eigenvalue weighted by Crippen LogP contribution is 2.39. The molecular formula is C35H30F10N2O2. The molecule has 0 bridgehead atoms. The van der Waals surface area contributed by atoms with Gasteiger partial charge in [0.2, 0.25) is 0 Å². The van der Waals surface area contributed by atoms with E-state index in [0.717, 1.165) is 37.1 Å². The summed E-state index contributed by atoms with van der Waals surface area (Å²) in [6.07, 6.45) is -13.2. The number of hydrogen-bond donors (Lipinski definition) is 2. The van der Waals surface area contributed by atoms with E-state index in [1.165, 1.54) is 12.1 Å². The second kappa shape index (κ2) is 15.3. The van der Waals surface area contributed by atoms with Crippen LogP contribution in [0.15, 0.2) is 84.9 Å². The lowest BCUT2D eigenvalue weighted by atomic mass is 9.76. The number of carbonyl (C=O) groups excluding carboxylic acids is 1. The fourth-order valence-electron chi connectivity index (χ4n) is 5.20. The van der Waals surface area contributed by atoms with Crippen LogP contribution in [0.3, 0.4) is 0 Å². The van der Waals surface area contributed by atoms with E-state index in [0.29, 0.717) is 24.2 Å². The summed E-state index contributed by atoms with van der Waals surface area (Å²) in [5.74, 6) is -5.92. The summed E-state index contributed by atoms with van der Waals surface area (Å²) < 4.78 is 143. The molecule has 1 unspecified atom stereocenters. The summed E-state index contributed by atoms with van der Waals surface area (Å²) >= 11 is 0. The average molecular weight is 701 g/mol. The molecule has 1 atom stereocenters. The summed E-state index contributed by atoms with van der Waals surface area (Å²) in [5, 5.41) is 5.62. The zero-order chi connectivity index (χ0) is 36.0. The van der Waals surface area contributed by atoms with Crippen LogP contribution in [-0.4, -0.2) is 25.0 Å². The molecule has 0 saturated heterocycles. The number of benzene rings is 4. The van der Waals surface area contributed by atoms with Crippen molar-refractivity contribution in [3.05, 3.63) is 136 Å². The highest BCUT2D eigenvalue weighted by molar-refractivity contribution is 5.95. The summed E-state index contributed by atoms with van der Waals surface area (Å²) in [6, 6.07) is 15.0. The van der Waals surface area contributed by atoms with Crippen molar-refractivity contribution in [2.45, 2.75) is 57.0 Å². The van der Waals surface area contributed by atoms with Crippen molar-refractivity contribution < 1.29 is 53.4 Å². The maximum Gasteiger partial charge on any atom is 0.461 e. The first-order valence-corrected chi connectivity index (χ1v) is 14.9. The van der Waals surface area contributed by atoms with Gasteiger partial charge >= 0.3 is 18.7 Å². The van der Waals surface area contributed by atoms with Crippen molar-refractivity contribution in [2.75, 3.05) is 6.54 Å². The Morgan fingerprint density at radius 1 is 0.796 bits per heavy atom. The van der Waals surface area contributed by atoms with Crippen molar-refractivity contribution in [3.8, 4) is 5.75 Å². The number of ether oxygens (including phenoxy) is 1. The fourth-order valence-corrected chi connectivity index (χ4v) is 5.20. The maximum absolute atomic E-state index is 16.2.